The van der Waals surface area contributed by atoms with E-state index < -0.39 is 0 Å². The monoisotopic (exact) mass is 279 g/mol. The minimum Gasteiger partial charge on any atom is -0.357 e. The minimum absolute atomic E-state index is 0.0763. The Balaban J connectivity index is 2.18. The molecule has 0 aliphatic rings. The fourth-order valence-electron chi connectivity index (χ4n) is 2.97. The van der Waals surface area contributed by atoms with Crippen LogP contribution in [-0.2, 0) is 11.2 Å². The van der Waals surface area contributed by atoms with Crippen LogP contribution in [0.25, 0.3) is 10.9 Å². The number of aromatic nitrogens is 1. The van der Waals surface area contributed by atoms with Gasteiger partial charge in [0, 0.05) is 18.4 Å². The van der Waals surface area contributed by atoms with Gasteiger partial charge in [0.15, 0.2) is 6.23 Å². The van der Waals surface area contributed by atoms with Crippen molar-refractivity contribution in [2.45, 2.75) is 26.0 Å². The van der Waals surface area contributed by atoms with Gasteiger partial charge in [-0.05, 0) is 23.9 Å². The lowest BCUT2D eigenvalue weighted by Gasteiger charge is -2.22. The minimum atomic E-state index is -0.0763. The van der Waals surface area contributed by atoms with Crippen molar-refractivity contribution < 1.29 is 4.74 Å². The third kappa shape index (κ3) is 2.59. The molecule has 108 valence electrons. The van der Waals surface area contributed by atoms with Crippen LogP contribution in [0.15, 0.2) is 60.7 Å². The van der Waals surface area contributed by atoms with E-state index in [1.54, 1.807) is 7.11 Å². The van der Waals surface area contributed by atoms with Crippen LogP contribution < -0.4 is 0 Å². The molecule has 0 radical (unpaired) electrons. The Kier molecular flexibility index (Phi) is 4.07. The van der Waals surface area contributed by atoms with Crippen molar-refractivity contribution in [3.63, 3.8) is 0 Å². The molecule has 0 N–H and O–H groups in total. The third-order valence-electron chi connectivity index (χ3n) is 3.88. The molecule has 0 aliphatic heterocycles. The highest BCUT2D eigenvalue weighted by Gasteiger charge is 2.18. The number of methoxy groups -OCH3 is 1. The van der Waals surface area contributed by atoms with Gasteiger partial charge in [0.2, 0.25) is 0 Å². The van der Waals surface area contributed by atoms with Crippen molar-refractivity contribution >= 4 is 10.9 Å². The van der Waals surface area contributed by atoms with Gasteiger partial charge in [-0.2, -0.15) is 0 Å². The summed E-state index contributed by atoms with van der Waals surface area (Å²) in [5.41, 5.74) is 3.74. The highest BCUT2D eigenvalue weighted by Crippen LogP contribution is 2.29. The predicted octanol–water partition coefficient (Wildman–Crippen LogP) is 4.79. The topological polar surface area (TPSA) is 14.2 Å². The Bertz CT molecular complexity index is 715. The zero-order valence-electron chi connectivity index (χ0n) is 12.6. The molecule has 0 amide bonds. The first-order valence-corrected chi connectivity index (χ1v) is 7.51. The molecule has 1 atom stereocenters. The second kappa shape index (κ2) is 6.15. The maximum absolute atomic E-state index is 5.84. The smallest absolute Gasteiger partial charge is 0.160 e. The van der Waals surface area contributed by atoms with Gasteiger partial charge in [-0.15, -0.1) is 0 Å². The van der Waals surface area contributed by atoms with E-state index >= 15 is 0 Å². The zero-order chi connectivity index (χ0) is 14.7. The number of benzene rings is 2. The van der Waals surface area contributed by atoms with Gasteiger partial charge < -0.3 is 9.30 Å². The molecule has 0 bridgehead atoms. The lowest BCUT2D eigenvalue weighted by molar-refractivity contribution is 0.0801. The lowest BCUT2D eigenvalue weighted by atomic mass is 10.2. The molecule has 2 nitrogen and oxygen atoms in total. The van der Waals surface area contributed by atoms with Crippen LogP contribution >= 0.6 is 0 Å². The summed E-state index contributed by atoms with van der Waals surface area (Å²) >= 11 is 0. The van der Waals surface area contributed by atoms with Crippen molar-refractivity contribution in [3.8, 4) is 0 Å². The van der Waals surface area contributed by atoms with Crippen LogP contribution in [0.5, 0.6) is 0 Å². The van der Waals surface area contributed by atoms with E-state index in [1.807, 2.05) is 6.07 Å². The largest absolute Gasteiger partial charge is 0.357 e. The van der Waals surface area contributed by atoms with Crippen LogP contribution in [0.1, 0.15) is 30.8 Å². The molecule has 1 heterocycles. The molecule has 0 fully saturated rings. The first kappa shape index (κ1) is 13.9. The molecule has 3 aromatic rings. The first-order chi connectivity index (χ1) is 10.3. The Hall–Kier alpha value is -2.06. The SMILES string of the molecule is CCCc1cc2ccccc2n1C(OC)c1ccccc1. The van der Waals surface area contributed by atoms with Gasteiger partial charge in [-0.25, -0.2) is 0 Å². The number of nitrogens with zero attached hydrogens (tertiary/aromatic N) is 1. The number of rotatable bonds is 5. The van der Waals surface area contributed by atoms with E-state index in [0.29, 0.717) is 0 Å². The van der Waals surface area contributed by atoms with Gasteiger partial charge in [0.1, 0.15) is 0 Å². The van der Waals surface area contributed by atoms with Gasteiger partial charge in [0.25, 0.3) is 0 Å². The average Bonchev–Trinajstić information content (AvgIpc) is 2.88. The van der Waals surface area contributed by atoms with Crippen molar-refractivity contribution in [2.24, 2.45) is 0 Å². The average molecular weight is 279 g/mol. The van der Waals surface area contributed by atoms with E-state index in [4.69, 9.17) is 4.74 Å². The lowest BCUT2D eigenvalue weighted by Crippen LogP contribution is -2.15. The number of fused-ring (bicyclic) bond motifs is 1. The summed E-state index contributed by atoms with van der Waals surface area (Å²) in [6.45, 7) is 2.21. The number of ether oxygens (including phenoxy) is 1. The summed E-state index contributed by atoms with van der Waals surface area (Å²) in [5, 5.41) is 1.28. The molecule has 2 heteroatoms. The number of para-hydroxylation sites is 1. The molecule has 0 aliphatic carbocycles. The van der Waals surface area contributed by atoms with E-state index in [1.165, 1.54) is 22.2 Å². The molecule has 1 unspecified atom stereocenters. The number of hydrogen-bond donors (Lipinski definition) is 0. The number of aryl methyl sites for hydroxylation is 1. The highest BCUT2D eigenvalue weighted by molar-refractivity contribution is 5.81. The fraction of sp³-hybridized carbons (Fsp3) is 0.263. The van der Waals surface area contributed by atoms with Gasteiger partial charge in [-0.3, -0.25) is 0 Å². The summed E-state index contributed by atoms with van der Waals surface area (Å²) in [7, 11) is 1.78. The van der Waals surface area contributed by atoms with Crippen molar-refractivity contribution in [1.82, 2.24) is 4.57 Å². The van der Waals surface area contributed by atoms with E-state index in [-0.39, 0.29) is 6.23 Å². The van der Waals surface area contributed by atoms with Gasteiger partial charge >= 0.3 is 0 Å². The summed E-state index contributed by atoms with van der Waals surface area (Å²) < 4.78 is 8.17. The molecular formula is C19H21NO. The van der Waals surface area contributed by atoms with Gasteiger partial charge in [-0.1, -0.05) is 61.9 Å². The van der Waals surface area contributed by atoms with E-state index in [0.717, 1.165) is 12.8 Å². The van der Waals surface area contributed by atoms with Crippen LogP contribution in [0.4, 0.5) is 0 Å². The summed E-state index contributed by atoms with van der Waals surface area (Å²) in [4.78, 5) is 0. The van der Waals surface area contributed by atoms with Crippen molar-refractivity contribution in [1.29, 1.82) is 0 Å². The van der Waals surface area contributed by atoms with Crippen LogP contribution in [0, 0.1) is 0 Å². The molecule has 0 saturated heterocycles. The third-order valence-corrected chi connectivity index (χ3v) is 3.88. The highest BCUT2D eigenvalue weighted by atomic mass is 16.5. The van der Waals surface area contributed by atoms with Crippen LogP contribution in [-0.4, -0.2) is 11.7 Å². The second-order valence-electron chi connectivity index (χ2n) is 5.31. The first-order valence-electron chi connectivity index (χ1n) is 7.51. The maximum atomic E-state index is 5.84. The summed E-state index contributed by atoms with van der Waals surface area (Å²) in [5.74, 6) is 0. The molecule has 0 spiro atoms. The Morgan fingerprint density at radius 1 is 1.00 bits per heavy atom. The second-order valence-corrected chi connectivity index (χ2v) is 5.31. The molecule has 2 aromatic carbocycles. The zero-order valence-corrected chi connectivity index (χ0v) is 12.6. The molecule has 3 rings (SSSR count). The van der Waals surface area contributed by atoms with Crippen molar-refractivity contribution in [2.75, 3.05) is 7.11 Å². The Morgan fingerprint density at radius 2 is 1.71 bits per heavy atom. The van der Waals surface area contributed by atoms with Crippen molar-refractivity contribution in [3.05, 3.63) is 71.9 Å². The molecule has 1 aromatic heterocycles. The normalized spacial score (nSPS) is 12.7. The fourth-order valence-corrected chi connectivity index (χ4v) is 2.97. The standard InChI is InChI=1S/C19H21NO/c1-3-9-17-14-16-12-7-8-13-18(16)20(17)19(21-2)15-10-5-4-6-11-15/h4-8,10-14,19H,3,9H2,1-2H3. The molecule has 21 heavy (non-hydrogen) atoms. The van der Waals surface area contributed by atoms with Crippen LogP contribution in [0.2, 0.25) is 0 Å². The summed E-state index contributed by atoms with van der Waals surface area (Å²) in [6.07, 6.45) is 2.11. The Labute approximate surface area is 126 Å². The van der Waals surface area contributed by atoms with E-state index in [9.17, 15) is 0 Å². The van der Waals surface area contributed by atoms with E-state index in [2.05, 4.69) is 66.1 Å². The Morgan fingerprint density at radius 3 is 2.43 bits per heavy atom. The number of hydrogen-bond acceptors (Lipinski definition) is 1. The van der Waals surface area contributed by atoms with Crippen LogP contribution in [0.3, 0.4) is 0 Å². The maximum Gasteiger partial charge on any atom is 0.160 e. The molecular weight excluding hydrogens is 258 g/mol. The quantitative estimate of drug-likeness (QED) is 0.655. The van der Waals surface area contributed by atoms with Gasteiger partial charge in [0.05, 0.1) is 5.52 Å². The summed E-state index contributed by atoms with van der Waals surface area (Å²) in [6, 6.07) is 21.2. The predicted molar refractivity (Wildman–Crippen MR) is 87.5 cm³/mol. The molecule has 0 saturated carbocycles.